The molecule has 0 spiro atoms. The second kappa shape index (κ2) is 6.32. The van der Waals surface area contributed by atoms with Crippen molar-refractivity contribution in [3.8, 4) is 6.07 Å². The summed E-state index contributed by atoms with van der Waals surface area (Å²) in [4.78, 5) is 17.8. The fourth-order valence-electron chi connectivity index (χ4n) is 4.35. The van der Waals surface area contributed by atoms with Gasteiger partial charge in [0.05, 0.1) is 17.1 Å². The van der Waals surface area contributed by atoms with E-state index < -0.39 is 0 Å². The van der Waals surface area contributed by atoms with Crippen molar-refractivity contribution in [1.82, 2.24) is 14.5 Å². The molecule has 4 rings (SSSR count). The van der Waals surface area contributed by atoms with Gasteiger partial charge in [-0.2, -0.15) is 5.26 Å². The minimum Gasteiger partial charge on any atom is -0.381 e. The maximum absolute atomic E-state index is 12.5. The number of fused-ring (bicyclic) bond motifs is 1. The van der Waals surface area contributed by atoms with E-state index in [0.29, 0.717) is 13.2 Å². The van der Waals surface area contributed by atoms with Crippen LogP contribution < -0.4 is 5.69 Å². The average Bonchev–Trinajstić information content (AvgIpc) is 2.97. The number of imidazole rings is 1. The van der Waals surface area contributed by atoms with Crippen molar-refractivity contribution < 1.29 is 4.74 Å². The minimum atomic E-state index is -0.384. The zero-order valence-corrected chi connectivity index (χ0v) is 14.6. The van der Waals surface area contributed by atoms with Gasteiger partial charge in [0, 0.05) is 45.2 Å². The average molecular weight is 340 g/mol. The molecule has 25 heavy (non-hydrogen) atoms. The first-order chi connectivity index (χ1) is 12.1. The summed E-state index contributed by atoms with van der Waals surface area (Å²) in [5.74, 6) is 0. The number of hydrogen-bond donors (Lipinski definition) is 1. The van der Waals surface area contributed by atoms with Crippen molar-refractivity contribution in [1.29, 1.82) is 5.26 Å². The lowest BCUT2D eigenvalue weighted by atomic mass is 9.87. The van der Waals surface area contributed by atoms with Gasteiger partial charge in [0.1, 0.15) is 5.54 Å². The molecule has 0 unspecified atom stereocenters. The zero-order chi connectivity index (χ0) is 17.4. The van der Waals surface area contributed by atoms with E-state index in [-0.39, 0.29) is 17.3 Å². The standard InChI is InChI=1S/C19H24N4O2/c1-14-2-3-16-17(12-14)23(18(24)21-16)15-4-8-22(9-5-15)19(13-20)6-10-25-11-7-19/h2-3,12,15H,4-11H2,1H3,(H,21,24). The van der Waals surface area contributed by atoms with Crippen LogP contribution in [0.2, 0.25) is 0 Å². The third-order valence-electron chi connectivity index (χ3n) is 5.84. The Hall–Kier alpha value is -2.10. The van der Waals surface area contributed by atoms with E-state index in [1.54, 1.807) is 0 Å². The molecule has 0 saturated carbocycles. The van der Waals surface area contributed by atoms with Gasteiger partial charge in [-0.3, -0.25) is 9.47 Å². The predicted octanol–water partition coefficient (Wildman–Crippen LogP) is 2.35. The number of H-pyrrole nitrogens is 1. The summed E-state index contributed by atoms with van der Waals surface area (Å²) in [6, 6.07) is 8.82. The number of ether oxygens (including phenoxy) is 1. The molecule has 0 bridgehead atoms. The monoisotopic (exact) mass is 340 g/mol. The van der Waals surface area contributed by atoms with Crippen LogP contribution >= 0.6 is 0 Å². The van der Waals surface area contributed by atoms with Crippen LogP contribution in [0.5, 0.6) is 0 Å². The molecule has 0 aliphatic carbocycles. The van der Waals surface area contributed by atoms with Gasteiger partial charge in [0.2, 0.25) is 0 Å². The van der Waals surface area contributed by atoms with Crippen molar-refractivity contribution in [3.05, 3.63) is 34.2 Å². The van der Waals surface area contributed by atoms with E-state index in [1.165, 1.54) is 0 Å². The summed E-state index contributed by atoms with van der Waals surface area (Å²) >= 11 is 0. The van der Waals surface area contributed by atoms with Gasteiger partial charge in [-0.05, 0) is 37.5 Å². The molecule has 2 fully saturated rings. The van der Waals surface area contributed by atoms with E-state index in [4.69, 9.17) is 4.74 Å². The lowest BCUT2D eigenvalue weighted by Gasteiger charge is -2.44. The van der Waals surface area contributed by atoms with Crippen LogP contribution in [-0.2, 0) is 4.74 Å². The summed E-state index contributed by atoms with van der Waals surface area (Å²) in [6.07, 6.45) is 3.34. The van der Waals surface area contributed by atoms with Gasteiger partial charge in [0.15, 0.2) is 0 Å². The van der Waals surface area contributed by atoms with Gasteiger partial charge in [-0.15, -0.1) is 0 Å². The van der Waals surface area contributed by atoms with Crippen LogP contribution in [0, 0.1) is 18.3 Å². The quantitative estimate of drug-likeness (QED) is 0.911. The number of aromatic nitrogens is 2. The van der Waals surface area contributed by atoms with Crippen LogP contribution in [0.3, 0.4) is 0 Å². The fraction of sp³-hybridized carbons (Fsp3) is 0.579. The molecule has 1 aromatic heterocycles. The molecular weight excluding hydrogens is 316 g/mol. The van der Waals surface area contributed by atoms with Crippen LogP contribution in [0.4, 0.5) is 0 Å². The zero-order valence-electron chi connectivity index (χ0n) is 14.6. The summed E-state index contributed by atoms with van der Waals surface area (Å²) in [7, 11) is 0. The maximum Gasteiger partial charge on any atom is 0.326 e. The summed E-state index contributed by atoms with van der Waals surface area (Å²) in [5, 5.41) is 9.75. The Morgan fingerprint density at radius 1 is 1.28 bits per heavy atom. The molecule has 6 nitrogen and oxygen atoms in total. The number of aryl methyl sites for hydroxylation is 1. The normalized spacial score (nSPS) is 22.1. The smallest absolute Gasteiger partial charge is 0.326 e. The molecule has 6 heteroatoms. The Kier molecular flexibility index (Phi) is 4.14. The number of hydrogen-bond acceptors (Lipinski definition) is 4. The summed E-state index contributed by atoms with van der Waals surface area (Å²) < 4.78 is 7.36. The SMILES string of the molecule is Cc1ccc2[nH]c(=O)n(C3CCN(C4(C#N)CCOCC4)CC3)c2c1. The first-order valence-corrected chi connectivity index (χ1v) is 9.08. The van der Waals surface area contributed by atoms with E-state index in [0.717, 1.165) is 55.4 Å². The largest absolute Gasteiger partial charge is 0.381 e. The van der Waals surface area contributed by atoms with Gasteiger partial charge in [-0.1, -0.05) is 6.07 Å². The Bertz CT molecular complexity index is 862. The van der Waals surface area contributed by atoms with Crippen LogP contribution in [0.15, 0.2) is 23.0 Å². The molecule has 2 saturated heterocycles. The van der Waals surface area contributed by atoms with Crippen molar-refractivity contribution >= 4 is 11.0 Å². The topological polar surface area (TPSA) is 74.0 Å². The highest BCUT2D eigenvalue weighted by atomic mass is 16.5. The van der Waals surface area contributed by atoms with Crippen LogP contribution in [-0.4, -0.2) is 46.3 Å². The second-order valence-electron chi connectivity index (χ2n) is 7.29. The number of rotatable bonds is 2. The van der Waals surface area contributed by atoms with Gasteiger partial charge >= 0.3 is 5.69 Å². The molecule has 3 heterocycles. The van der Waals surface area contributed by atoms with Gasteiger partial charge in [0.25, 0.3) is 0 Å². The fourth-order valence-corrected chi connectivity index (χ4v) is 4.35. The Balaban J connectivity index is 1.57. The number of nitrogens with one attached hydrogen (secondary N) is 1. The lowest BCUT2D eigenvalue weighted by molar-refractivity contribution is -0.0119. The highest BCUT2D eigenvalue weighted by molar-refractivity contribution is 5.76. The first-order valence-electron chi connectivity index (χ1n) is 9.08. The minimum absolute atomic E-state index is 0.0277. The van der Waals surface area contributed by atoms with Gasteiger partial charge in [-0.25, -0.2) is 4.79 Å². The van der Waals surface area contributed by atoms with Crippen molar-refractivity contribution in [2.24, 2.45) is 0 Å². The number of benzene rings is 1. The molecule has 1 N–H and O–H groups in total. The van der Waals surface area contributed by atoms with E-state index in [1.807, 2.05) is 23.6 Å². The molecule has 2 aliphatic heterocycles. The van der Waals surface area contributed by atoms with E-state index >= 15 is 0 Å². The number of nitriles is 1. The van der Waals surface area contributed by atoms with Crippen molar-refractivity contribution in [2.45, 2.75) is 44.2 Å². The number of piperidine rings is 1. The number of aromatic amines is 1. The predicted molar refractivity (Wildman–Crippen MR) is 95.5 cm³/mol. The first kappa shape index (κ1) is 16.4. The highest BCUT2D eigenvalue weighted by Gasteiger charge is 2.40. The second-order valence-corrected chi connectivity index (χ2v) is 7.29. The third kappa shape index (κ3) is 2.78. The lowest BCUT2D eigenvalue weighted by Crippen LogP contribution is -2.54. The molecule has 2 aliphatic rings. The Morgan fingerprint density at radius 3 is 2.68 bits per heavy atom. The van der Waals surface area contributed by atoms with E-state index in [9.17, 15) is 10.1 Å². The van der Waals surface area contributed by atoms with Crippen LogP contribution in [0.25, 0.3) is 11.0 Å². The van der Waals surface area contributed by atoms with Gasteiger partial charge < -0.3 is 9.72 Å². The number of nitrogens with zero attached hydrogens (tertiary/aromatic N) is 3. The molecule has 0 atom stereocenters. The third-order valence-corrected chi connectivity index (χ3v) is 5.84. The maximum atomic E-state index is 12.5. The Morgan fingerprint density at radius 2 is 2.00 bits per heavy atom. The summed E-state index contributed by atoms with van der Waals surface area (Å²) in [5.41, 5.74) is 2.63. The summed E-state index contributed by atoms with van der Waals surface area (Å²) in [6.45, 7) is 5.07. The number of likely N-dealkylation sites (tertiary alicyclic amines) is 1. The highest BCUT2D eigenvalue weighted by Crippen LogP contribution is 2.33. The molecular formula is C19H24N4O2. The van der Waals surface area contributed by atoms with E-state index in [2.05, 4.69) is 22.0 Å². The molecule has 0 radical (unpaired) electrons. The van der Waals surface area contributed by atoms with Crippen LogP contribution in [0.1, 0.15) is 37.3 Å². The van der Waals surface area contributed by atoms with Crippen molar-refractivity contribution in [2.75, 3.05) is 26.3 Å². The molecule has 0 amide bonds. The molecule has 2 aromatic rings. The Labute approximate surface area is 147 Å². The van der Waals surface area contributed by atoms with Crippen molar-refractivity contribution in [3.63, 3.8) is 0 Å². The molecule has 1 aromatic carbocycles. The molecule has 132 valence electrons.